The van der Waals surface area contributed by atoms with Crippen LogP contribution in [0.5, 0.6) is 0 Å². The van der Waals surface area contributed by atoms with E-state index in [1.807, 2.05) is 0 Å². The average Bonchev–Trinajstić information content (AvgIpc) is 2.24. The molecule has 2 unspecified atom stereocenters. The quantitative estimate of drug-likeness (QED) is 0.493. The Morgan fingerprint density at radius 1 is 1.45 bits per heavy atom. The van der Waals surface area contributed by atoms with Crippen LogP contribution in [0.1, 0.15) is 32.4 Å². The summed E-state index contributed by atoms with van der Waals surface area (Å²) in [7, 11) is 0. The molecule has 0 aliphatic heterocycles. The fraction of sp³-hybridized carbons (Fsp3) is 0.500. The average molecular weight is 367 g/mol. The molecule has 0 spiro atoms. The summed E-state index contributed by atoms with van der Waals surface area (Å²) in [5.74, 6) is -0.508. The van der Waals surface area contributed by atoms with Crippen molar-refractivity contribution < 1.29 is 13.9 Å². The van der Waals surface area contributed by atoms with Crippen LogP contribution in [0, 0.1) is 15.9 Å². The van der Waals surface area contributed by atoms with Gasteiger partial charge in [-0.3, -0.25) is 10.1 Å². The first-order valence-electron chi connectivity index (χ1n) is 5.85. The first-order chi connectivity index (χ1) is 9.09. The molecule has 112 valence electrons. The van der Waals surface area contributed by atoms with Gasteiger partial charge in [-0.15, -0.1) is 4.72 Å². The van der Waals surface area contributed by atoms with Gasteiger partial charge >= 0.3 is 0 Å². The van der Waals surface area contributed by atoms with Crippen molar-refractivity contribution in [2.75, 3.05) is 6.54 Å². The topological polar surface area (TPSA) is 78.2 Å². The summed E-state index contributed by atoms with van der Waals surface area (Å²) in [6.07, 6.45) is 0. The second-order valence-corrected chi connectivity index (χ2v) is 8.18. The molecule has 0 radical (unpaired) electrons. The maximum Gasteiger partial charge on any atom is 0.227 e. The highest BCUT2D eigenvalue weighted by atomic mass is 79.9. The van der Waals surface area contributed by atoms with Gasteiger partial charge in [-0.1, -0.05) is 15.9 Å². The van der Waals surface area contributed by atoms with Gasteiger partial charge in [0.1, 0.15) is 16.6 Å². The van der Waals surface area contributed by atoms with E-state index in [-0.39, 0.29) is 0 Å². The molecule has 1 aromatic rings. The molecule has 0 heterocycles. The van der Waals surface area contributed by atoms with Gasteiger partial charge in [-0.05, 0) is 44.5 Å². The Bertz CT molecular complexity index is 476. The van der Waals surface area contributed by atoms with E-state index in [1.165, 1.54) is 12.1 Å². The fourth-order valence-electron chi connectivity index (χ4n) is 1.44. The standard InChI is InChI=1S/C12H16BrFN2O3S/c1-12(2,3)20(19)15-11(7-16(17)18)8-4-9(13)6-10(14)5-8/h4-6,11,15H,7H2,1-3H3. The number of nitrogens with one attached hydrogen (secondary N) is 1. The van der Waals surface area contributed by atoms with Crippen molar-refractivity contribution in [1.29, 1.82) is 0 Å². The number of hydrogen-bond donors (Lipinski definition) is 1. The van der Waals surface area contributed by atoms with E-state index >= 15 is 0 Å². The predicted molar refractivity (Wildman–Crippen MR) is 79.7 cm³/mol. The Morgan fingerprint density at radius 3 is 2.50 bits per heavy atom. The highest BCUT2D eigenvalue weighted by Gasteiger charge is 2.32. The maximum absolute atomic E-state index is 13.4. The molecule has 0 aliphatic rings. The number of nitro groups is 1. The number of benzene rings is 1. The molecule has 5 nitrogen and oxygen atoms in total. The molecule has 0 saturated heterocycles. The van der Waals surface area contributed by atoms with Crippen LogP contribution in [0.3, 0.4) is 0 Å². The van der Waals surface area contributed by atoms with Crippen LogP contribution >= 0.6 is 15.9 Å². The molecule has 0 bridgehead atoms. The smallest absolute Gasteiger partial charge is 0.227 e. The fourth-order valence-corrected chi connectivity index (χ4v) is 2.75. The summed E-state index contributed by atoms with van der Waals surface area (Å²) in [6, 6.07) is 3.21. The Morgan fingerprint density at radius 2 is 2.05 bits per heavy atom. The van der Waals surface area contributed by atoms with Crippen molar-refractivity contribution >= 4 is 27.3 Å². The highest BCUT2D eigenvalue weighted by Crippen LogP contribution is 2.24. The Balaban J connectivity index is 3.02. The predicted octanol–water partition coefficient (Wildman–Crippen LogP) is 2.96. The van der Waals surface area contributed by atoms with Crippen molar-refractivity contribution in [3.63, 3.8) is 0 Å². The largest absolute Gasteiger partial charge is 0.598 e. The monoisotopic (exact) mass is 366 g/mol. The molecule has 0 saturated carbocycles. The summed E-state index contributed by atoms with van der Waals surface area (Å²) < 4.78 is 28.1. The number of rotatable bonds is 5. The van der Waals surface area contributed by atoms with E-state index in [9.17, 15) is 19.1 Å². The molecule has 1 N–H and O–H groups in total. The van der Waals surface area contributed by atoms with Gasteiger partial charge in [-0.25, -0.2) is 4.39 Å². The van der Waals surface area contributed by atoms with Crippen molar-refractivity contribution in [1.82, 2.24) is 4.72 Å². The van der Waals surface area contributed by atoms with Gasteiger partial charge in [0, 0.05) is 20.8 Å². The summed E-state index contributed by atoms with van der Waals surface area (Å²) in [5, 5.41) is 10.7. The van der Waals surface area contributed by atoms with Gasteiger partial charge in [0.15, 0.2) is 0 Å². The van der Waals surface area contributed by atoms with Gasteiger partial charge in [0.05, 0.1) is 0 Å². The molecule has 20 heavy (non-hydrogen) atoms. The molecule has 0 aromatic heterocycles. The third-order valence-corrected chi connectivity index (χ3v) is 4.49. The van der Waals surface area contributed by atoms with Gasteiger partial charge in [0.2, 0.25) is 6.54 Å². The lowest BCUT2D eigenvalue weighted by atomic mass is 10.1. The third-order valence-electron chi connectivity index (χ3n) is 2.42. The van der Waals surface area contributed by atoms with Crippen molar-refractivity contribution in [3.8, 4) is 0 Å². The number of nitrogens with zero attached hydrogens (tertiary/aromatic N) is 1. The summed E-state index contributed by atoms with van der Waals surface area (Å²) in [5.41, 5.74) is 0.381. The molecule has 2 atom stereocenters. The van der Waals surface area contributed by atoms with E-state index in [4.69, 9.17) is 0 Å². The van der Waals surface area contributed by atoms with Crippen LogP contribution in [-0.2, 0) is 11.4 Å². The third kappa shape index (κ3) is 5.35. The zero-order chi connectivity index (χ0) is 15.5. The van der Waals surface area contributed by atoms with Crippen molar-refractivity contribution in [3.05, 3.63) is 44.2 Å². The van der Waals surface area contributed by atoms with Crippen molar-refractivity contribution in [2.24, 2.45) is 0 Å². The van der Waals surface area contributed by atoms with Gasteiger partial charge in [0.25, 0.3) is 0 Å². The lowest BCUT2D eigenvalue weighted by Gasteiger charge is -2.26. The molecule has 0 fully saturated rings. The normalized spacial score (nSPS) is 14.9. The van der Waals surface area contributed by atoms with Crippen LogP contribution in [0.4, 0.5) is 4.39 Å². The number of halogens is 2. The lowest BCUT2D eigenvalue weighted by molar-refractivity contribution is -0.483. The highest BCUT2D eigenvalue weighted by molar-refractivity contribution is 9.10. The molecular weight excluding hydrogens is 351 g/mol. The minimum atomic E-state index is -1.49. The molecule has 0 aliphatic carbocycles. The molecule has 1 rings (SSSR count). The molecule has 1 aromatic carbocycles. The van der Waals surface area contributed by atoms with Crippen LogP contribution in [0.15, 0.2) is 22.7 Å². The van der Waals surface area contributed by atoms with Crippen LogP contribution in [0.2, 0.25) is 0 Å². The summed E-state index contributed by atoms with van der Waals surface area (Å²) in [4.78, 5) is 10.2. The van der Waals surface area contributed by atoms with E-state index in [2.05, 4.69) is 20.7 Å². The van der Waals surface area contributed by atoms with Crippen LogP contribution in [0.25, 0.3) is 0 Å². The first-order valence-corrected chi connectivity index (χ1v) is 7.79. The van der Waals surface area contributed by atoms with E-state index < -0.39 is 39.4 Å². The number of hydrogen-bond acceptors (Lipinski definition) is 4. The van der Waals surface area contributed by atoms with E-state index in [0.717, 1.165) is 0 Å². The Hall–Kier alpha value is -0.700. The molecular formula is C12H16BrFN2O3S. The van der Waals surface area contributed by atoms with Crippen LogP contribution < -0.4 is 4.72 Å². The second-order valence-electron chi connectivity index (χ2n) is 5.27. The summed E-state index contributed by atoms with van der Waals surface area (Å²) in [6.45, 7) is 4.78. The minimum absolute atomic E-state index is 0.381. The Kier molecular flexibility index (Phi) is 5.93. The summed E-state index contributed by atoms with van der Waals surface area (Å²) >= 11 is 1.65. The van der Waals surface area contributed by atoms with Gasteiger partial charge < -0.3 is 4.55 Å². The SMILES string of the molecule is CC(C)(C)[S+]([O-])NC(C[N+](=O)[O-])c1cc(F)cc(Br)c1. The second kappa shape index (κ2) is 6.84. The van der Waals surface area contributed by atoms with E-state index in [1.54, 1.807) is 26.8 Å². The van der Waals surface area contributed by atoms with Gasteiger partial charge in [-0.2, -0.15) is 0 Å². The van der Waals surface area contributed by atoms with Crippen LogP contribution in [-0.4, -0.2) is 20.8 Å². The maximum atomic E-state index is 13.4. The minimum Gasteiger partial charge on any atom is -0.598 e. The first kappa shape index (κ1) is 17.4. The molecule has 0 amide bonds. The van der Waals surface area contributed by atoms with E-state index in [0.29, 0.717) is 10.0 Å². The lowest BCUT2D eigenvalue weighted by Crippen LogP contribution is -2.43. The Labute approximate surface area is 128 Å². The zero-order valence-electron chi connectivity index (χ0n) is 11.4. The zero-order valence-corrected chi connectivity index (χ0v) is 13.8. The van der Waals surface area contributed by atoms with Crippen molar-refractivity contribution in [2.45, 2.75) is 31.6 Å². The molecule has 8 heteroatoms.